The Kier molecular flexibility index (Phi) is 2.46. The number of benzene rings is 2. The molecule has 0 spiro atoms. The number of rotatable bonds is 2. The standard InChI is InChI=1S/C15H15NO/c16-9-14(17)15-12-7-3-1-5-10(12)11-6-2-4-8-13(11)15/h1-8,14-15,17H,9,16H2. The Hall–Kier alpha value is -1.64. The molecule has 86 valence electrons. The minimum Gasteiger partial charge on any atom is -0.391 e. The molecule has 0 aromatic heterocycles. The molecule has 1 atom stereocenters. The first-order valence-corrected chi connectivity index (χ1v) is 5.89. The van der Waals surface area contributed by atoms with Crippen LogP contribution in [0.2, 0.25) is 0 Å². The first-order chi connectivity index (χ1) is 8.33. The monoisotopic (exact) mass is 225 g/mol. The Morgan fingerprint density at radius 1 is 0.941 bits per heavy atom. The van der Waals surface area contributed by atoms with Gasteiger partial charge in [-0.05, 0) is 22.3 Å². The van der Waals surface area contributed by atoms with Crippen molar-refractivity contribution < 1.29 is 5.11 Å². The molecule has 1 aliphatic rings. The molecular weight excluding hydrogens is 210 g/mol. The molecule has 0 aliphatic heterocycles. The van der Waals surface area contributed by atoms with E-state index in [1.54, 1.807) is 0 Å². The van der Waals surface area contributed by atoms with Crippen LogP contribution in [0.3, 0.4) is 0 Å². The van der Waals surface area contributed by atoms with Gasteiger partial charge in [-0.15, -0.1) is 0 Å². The van der Waals surface area contributed by atoms with Crippen LogP contribution in [0.15, 0.2) is 48.5 Å². The van der Waals surface area contributed by atoms with Gasteiger partial charge in [0.1, 0.15) is 0 Å². The van der Waals surface area contributed by atoms with Crippen molar-refractivity contribution in [3.63, 3.8) is 0 Å². The number of hydrogen-bond acceptors (Lipinski definition) is 2. The minimum absolute atomic E-state index is 0.0207. The van der Waals surface area contributed by atoms with E-state index in [4.69, 9.17) is 5.73 Å². The van der Waals surface area contributed by atoms with E-state index >= 15 is 0 Å². The molecule has 0 amide bonds. The average Bonchev–Trinajstić information content (AvgIpc) is 2.72. The predicted molar refractivity (Wildman–Crippen MR) is 68.8 cm³/mol. The molecule has 1 unspecified atom stereocenters. The van der Waals surface area contributed by atoms with Crippen molar-refractivity contribution >= 4 is 0 Å². The highest BCUT2D eigenvalue weighted by Gasteiger charge is 2.32. The van der Waals surface area contributed by atoms with Gasteiger partial charge in [-0.25, -0.2) is 0 Å². The summed E-state index contributed by atoms with van der Waals surface area (Å²) in [5, 5.41) is 10.1. The summed E-state index contributed by atoms with van der Waals surface area (Å²) in [4.78, 5) is 0. The fourth-order valence-corrected chi connectivity index (χ4v) is 2.75. The van der Waals surface area contributed by atoms with Gasteiger partial charge in [0.2, 0.25) is 0 Å². The quantitative estimate of drug-likeness (QED) is 0.822. The molecule has 0 fully saturated rings. The highest BCUT2D eigenvalue weighted by molar-refractivity contribution is 5.79. The van der Waals surface area contributed by atoms with Gasteiger partial charge in [-0.1, -0.05) is 48.5 Å². The van der Waals surface area contributed by atoms with Crippen LogP contribution in [-0.4, -0.2) is 17.8 Å². The zero-order chi connectivity index (χ0) is 11.8. The highest BCUT2D eigenvalue weighted by atomic mass is 16.3. The van der Waals surface area contributed by atoms with Crippen molar-refractivity contribution in [2.75, 3.05) is 6.54 Å². The zero-order valence-electron chi connectivity index (χ0n) is 9.51. The molecule has 17 heavy (non-hydrogen) atoms. The molecule has 2 heteroatoms. The van der Waals surface area contributed by atoms with Crippen LogP contribution in [0, 0.1) is 0 Å². The molecule has 0 heterocycles. The summed E-state index contributed by atoms with van der Waals surface area (Å²) in [5.41, 5.74) is 10.4. The molecule has 3 N–H and O–H groups in total. The maximum atomic E-state index is 10.1. The summed E-state index contributed by atoms with van der Waals surface area (Å²) in [6.45, 7) is 0.285. The van der Waals surface area contributed by atoms with Gasteiger partial charge < -0.3 is 10.8 Å². The Morgan fingerprint density at radius 2 is 1.41 bits per heavy atom. The lowest BCUT2D eigenvalue weighted by molar-refractivity contribution is 0.166. The van der Waals surface area contributed by atoms with E-state index in [-0.39, 0.29) is 12.5 Å². The van der Waals surface area contributed by atoms with E-state index < -0.39 is 6.10 Å². The number of aliphatic hydroxyl groups is 1. The third kappa shape index (κ3) is 1.49. The molecule has 2 aromatic rings. The fraction of sp³-hybridized carbons (Fsp3) is 0.200. The highest BCUT2D eigenvalue weighted by Crippen LogP contribution is 2.45. The van der Waals surface area contributed by atoms with Gasteiger partial charge in [-0.3, -0.25) is 0 Å². The zero-order valence-corrected chi connectivity index (χ0v) is 9.51. The van der Waals surface area contributed by atoms with Gasteiger partial charge in [0, 0.05) is 12.5 Å². The molecule has 0 radical (unpaired) electrons. The first-order valence-electron chi connectivity index (χ1n) is 5.89. The lowest BCUT2D eigenvalue weighted by atomic mass is 9.91. The van der Waals surface area contributed by atoms with E-state index in [0.717, 1.165) is 0 Å². The predicted octanol–water partition coefficient (Wildman–Crippen LogP) is 2.12. The number of aliphatic hydroxyl groups excluding tert-OH is 1. The van der Waals surface area contributed by atoms with E-state index in [1.807, 2.05) is 24.3 Å². The van der Waals surface area contributed by atoms with Gasteiger partial charge in [0.25, 0.3) is 0 Å². The van der Waals surface area contributed by atoms with Crippen molar-refractivity contribution in [2.45, 2.75) is 12.0 Å². The molecule has 2 aromatic carbocycles. The Balaban J connectivity index is 2.23. The maximum Gasteiger partial charge on any atom is 0.0771 e. The van der Waals surface area contributed by atoms with Crippen LogP contribution in [-0.2, 0) is 0 Å². The van der Waals surface area contributed by atoms with Gasteiger partial charge in [0.15, 0.2) is 0 Å². The van der Waals surface area contributed by atoms with Crippen molar-refractivity contribution in [2.24, 2.45) is 5.73 Å². The van der Waals surface area contributed by atoms with Crippen molar-refractivity contribution in [3.8, 4) is 11.1 Å². The van der Waals surface area contributed by atoms with Crippen LogP contribution in [0.1, 0.15) is 17.0 Å². The van der Waals surface area contributed by atoms with Crippen molar-refractivity contribution in [3.05, 3.63) is 59.7 Å². The van der Waals surface area contributed by atoms with Gasteiger partial charge >= 0.3 is 0 Å². The molecular formula is C15H15NO. The van der Waals surface area contributed by atoms with E-state index in [9.17, 15) is 5.11 Å². The van der Waals surface area contributed by atoms with Crippen LogP contribution < -0.4 is 5.73 Å². The number of fused-ring (bicyclic) bond motifs is 3. The lowest BCUT2D eigenvalue weighted by Crippen LogP contribution is -2.26. The van der Waals surface area contributed by atoms with Crippen LogP contribution in [0.25, 0.3) is 11.1 Å². The summed E-state index contributed by atoms with van der Waals surface area (Å²) >= 11 is 0. The lowest BCUT2D eigenvalue weighted by Gasteiger charge is -2.18. The smallest absolute Gasteiger partial charge is 0.0771 e. The third-order valence-electron chi connectivity index (χ3n) is 3.51. The number of hydrogen-bond donors (Lipinski definition) is 2. The second kappa shape index (κ2) is 3.99. The number of nitrogens with two attached hydrogens (primary N) is 1. The summed E-state index contributed by atoms with van der Waals surface area (Å²) in [6.07, 6.45) is -0.514. The van der Waals surface area contributed by atoms with Crippen molar-refractivity contribution in [1.82, 2.24) is 0 Å². The Labute approximate surface area is 101 Å². The van der Waals surface area contributed by atoms with Gasteiger partial charge in [0.05, 0.1) is 6.10 Å². The second-order valence-corrected chi connectivity index (χ2v) is 4.46. The van der Waals surface area contributed by atoms with Crippen LogP contribution in [0.4, 0.5) is 0 Å². The summed E-state index contributed by atoms with van der Waals surface area (Å²) in [5.74, 6) is 0.0207. The molecule has 2 nitrogen and oxygen atoms in total. The van der Waals surface area contributed by atoms with Crippen molar-refractivity contribution in [1.29, 1.82) is 0 Å². The molecule has 0 saturated carbocycles. The topological polar surface area (TPSA) is 46.2 Å². The fourth-order valence-electron chi connectivity index (χ4n) is 2.75. The molecule has 0 bridgehead atoms. The van der Waals surface area contributed by atoms with Gasteiger partial charge in [-0.2, -0.15) is 0 Å². The van der Waals surface area contributed by atoms with Crippen LogP contribution in [0.5, 0.6) is 0 Å². The maximum absolute atomic E-state index is 10.1. The molecule has 0 saturated heterocycles. The summed E-state index contributed by atoms with van der Waals surface area (Å²) in [7, 11) is 0. The summed E-state index contributed by atoms with van der Waals surface area (Å²) < 4.78 is 0. The van der Waals surface area contributed by atoms with E-state index in [0.29, 0.717) is 0 Å². The Bertz CT molecular complexity index is 505. The first kappa shape index (κ1) is 10.5. The average molecular weight is 225 g/mol. The van der Waals surface area contributed by atoms with E-state index in [1.165, 1.54) is 22.3 Å². The van der Waals surface area contributed by atoms with E-state index in [2.05, 4.69) is 24.3 Å². The third-order valence-corrected chi connectivity index (χ3v) is 3.51. The Morgan fingerprint density at radius 3 is 1.88 bits per heavy atom. The second-order valence-electron chi connectivity index (χ2n) is 4.46. The normalized spacial score (nSPS) is 15.4. The van der Waals surface area contributed by atoms with Crippen LogP contribution >= 0.6 is 0 Å². The largest absolute Gasteiger partial charge is 0.391 e. The molecule has 3 rings (SSSR count). The summed E-state index contributed by atoms with van der Waals surface area (Å²) in [6, 6.07) is 16.5. The molecule has 1 aliphatic carbocycles. The SMILES string of the molecule is NCC(O)C1c2ccccc2-c2ccccc21. The minimum atomic E-state index is -0.514.